The number of rotatable bonds is 8. The molecule has 0 aliphatic rings. The third kappa shape index (κ3) is 5.31. The van der Waals surface area contributed by atoms with Crippen LogP contribution in [0, 0.1) is 5.82 Å². The summed E-state index contributed by atoms with van der Waals surface area (Å²) in [5.41, 5.74) is 0. The van der Waals surface area contributed by atoms with Gasteiger partial charge in [-0.2, -0.15) is 0 Å². The molecule has 0 aliphatic heterocycles. The monoisotopic (exact) mass is 290 g/mol. The molecule has 0 unspecified atom stereocenters. The number of pyridine rings is 1. The molecule has 8 heteroatoms. The Bertz CT molecular complexity index is 533. The highest BCUT2D eigenvalue weighted by Crippen LogP contribution is 2.09. The van der Waals surface area contributed by atoms with E-state index >= 15 is 0 Å². The van der Waals surface area contributed by atoms with Gasteiger partial charge in [-0.05, 0) is 25.0 Å². The Balaban J connectivity index is 2.40. The van der Waals surface area contributed by atoms with Crippen LogP contribution in [-0.4, -0.2) is 31.0 Å². The lowest BCUT2D eigenvalue weighted by molar-refractivity contribution is -0.137. The number of nitrogens with zero attached hydrogens (tertiary/aromatic N) is 1. The molecular formula is C11H15FN2O4S. The predicted molar refractivity (Wildman–Crippen MR) is 65.5 cm³/mol. The topological polar surface area (TPSA) is 96.4 Å². The van der Waals surface area contributed by atoms with Gasteiger partial charge in [0.1, 0.15) is 0 Å². The van der Waals surface area contributed by atoms with Gasteiger partial charge in [-0.1, -0.05) is 6.42 Å². The maximum absolute atomic E-state index is 13.3. The summed E-state index contributed by atoms with van der Waals surface area (Å²) >= 11 is 0. The van der Waals surface area contributed by atoms with Crippen LogP contribution in [0.25, 0.3) is 0 Å². The van der Waals surface area contributed by atoms with Crippen molar-refractivity contribution in [3.05, 3.63) is 24.1 Å². The Morgan fingerprint density at radius 1 is 1.37 bits per heavy atom. The second kappa shape index (κ2) is 7.15. The third-order valence-electron chi connectivity index (χ3n) is 2.34. The van der Waals surface area contributed by atoms with Crippen LogP contribution in [0.15, 0.2) is 23.4 Å². The van der Waals surface area contributed by atoms with Crippen molar-refractivity contribution in [3.63, 3.8) is 0 Å². The summed E-state index contributed by atoms with van der Waals surface area (Å²) in [7, 11) is -3.95. The zero-order valence-corrected chi connectivity index (χ0v) is 11.0. The molecular weight excluding hydrogens is 275 g/mol. The molecule has 0 saturated heterocycles. The van der Waals surface area contributed by atoms with Crippen LogP contribution in [0.3, 0.4) is 0 Å². The van der Waals surface area contributed by atoms with Gasteiger partial charge in [-0.15, -0.1) is 0 Å². The summed E-state index contributed by atoms with van der Waals surface area (Å²) in [6.45, 7) is 0.123. The van der Waals surface area contributed by atoms with Crippen LogP contribution < -0.4 is 4.72 Å². The summed E-state index contributed by atoms with van der Waals surface area (Å²) in [4.78, 5) is 13.7. The van der Waals surface area contributed by atoms with E-state index in [4.69, 9.17) is 5.11 Å². The zero-order valence-electron chi connectivity index (χ0n) is 10.2. The molecule has 0 aliphatic carbocycles. The third-order valence-corrected chi connectivity index (χ3v) is 3.73. The molecule has 0 bridgehead atoms. The standard InChI is InChI=1S/C11H15FN2O4S/c12-9-5-4-7-13-11(9)19(17,18)14-8-3-1-2-6-10(15)16/h4-5,7,14H,1-3,6,8H2,(H,15,16). The molecule has 0 amide bonds. The molecule has 1 heterocycles. The summed E-state index contributed by atoms with van der Waals surface area (Å²) in [6, 6.07) is 2.33. The van der Waals surface area contributed by atoms with Crippen molar-refractivity contribution >= 4 is 16.0 Å². The molecule has 0 atom stereocenters. The van der Waals surface area contributed by atoms with Gasteiger partial charge in [0, 0.05) is 19.2 Å². The number of hydrogen-bond acceptors (Lipinski definition) is 4. The van der Waals surface area contributed by atoms with E-state index in [0.29, 0.717) is 19.3 Å². The first-order valence-electron chi connectivity index (χ1n) is 5.75. The van der Waals surface area contributed by atoms with Gasteiger partial charge in [0.25, 0.3) is 10.0 Å². The molecule has 106 valence electrons. The van der Waals surface area contributed by atoms with Crippen LogP contribution in [0.1, 0.15) is 25.7 Å². The maximum Gasteiger partial charge on any atom is 0.303 e. The van der Waals surface area contributed by atoms with Crippen molar-refractivity contribution in [1.82, 2.24) is 9.71 Å². The Morgan fingerprint density at radius 3 is 2.74 bits per heavy atom. The largest absolute Gasteiger partial charge is 0.481 e. The van der Waals surface area contributed by atoms with E-state index in [0.717, 1.165) is 6.07 Å². The summed E-state index contributed by atoms with van der Waals surface area (Å²) in [5, 5.41) is 7.79. The van der Waals surface area contributed by atoms with E-state index in [2.05, 4.69) is 9.71 Å². The predicted octanol–water partition coefficient (Wildman–Crippen LogP) is 1.14. The van der Waals surface area contributed by atoms with Crippen LogP contribution in [0.4, 0.5) is 4.39 Å². The van der Waals surface area contributed by atoms with Gasteiger partial charge in [0.15, 0.2) is 5.82 Å². The lowest BCUT2D eigenvalue weighted by atomic mass is 10.2. The molecule has 0 saturated carbocycles. The lowest BCUT2D eigenvalue weighted by Gasteiger charge is -2.06. The number of aromatic nitrogens is 1. The molecule has 6 nitrogen and oxygen atoms in total. The fourth-order valence-corrected chi connectivity index (χ4v) is 2.50. The SMILES string of the molecule is O=C(O)CCCCCNS(=O)(=O)c1ncccc1F. The second-order valence-corrected chi connectivity index (χ2v) is 5.57. The highest BCUT2D eigenvalue weighted by atomic mass is 32.2. The first-order valence-corrected chi connectivity index (χ1v) is 7.24. The maximum atomic E-state index is 13.3. The van der Waals surface area contributed by atoms with Crippen molar-refractivity contribution < 1.29 is 22.7 Å². The van der Waals surface area contributed by atoms with Gasteiger partial charge < -0.3 is 5.11 Å². The molecule has 2 N–H and O–H groups in total. The number of halogens is 1. The van der Waals surface area contributed by atoms with Crippen molar-refractivity contribution in [2.75, 3.05) is 6.54 Å². The average molecular weight is 290 g/mol. The van der Waals surface area contributed by atoms with Gasteiger partial charge in [-0.25, -0.2) is 22.5 Å². The molecule has 1 rings (SSSR count). The highest BCUT2D eigenvalue weighted by molar-refractivity contribution is 7.89. The van der Waals surface area contributed by atoms with Crippen LogP contribution in [0.5, 0.6) is 0 Å². The smallest absolute Gasteiger partial charge is 0.303 e. The van der Waals surface area contributed by atoms with Crippen LogP contribution in [-0.2, 0) is 14.8 Å². The lowest BCUT2D eigenvalue weighted by Crippen LogP contribution is -2.26. The second-order valence-electron chi connectivity index (χ2n) is 3.89. The first kappa shape index (κ1) is 15.5. The Labute approximate surface area is 110 Å². The molecule has 0 spiro atoms. The van der Waals surface area contributed by atoms with Gasteiger partial charge in [-0.3, -0.25) is 4.79 Å². The number of carboxylic acids is 1. The number of unbranched alkanes of at least 4 members (excludes halogenated alkanes) is 2. The van der Waals surface area contributed by atoms with Gasteiger partial charge in [0.05, 0.1) is 0 Å². The van der Waals surface area contributed by atoms with Crippen LogP contribution in [0.2, 0.25) is 0 Å². The van der Waals surface area contributed by atoms with Crippen molar-refractivity contribution in [2.45, 2.75) is 30.7 Å². The zero-order chi connectivity index (χ0) is 14.3. The van der Waals surface area contributed by atoms with E-state index in [1.54, 1.807) is 0 Å². The molecule has 0 fully saturated rings. The van der Waals surface area contributed by atoms with Crippen molar-refractivity contribution in [2.24, 2.45) is 0 Å². The highest BCUT2D eigenvalue weighted by Gasteiger charge is 2.19. The molecule has 0 aromatic carbocycles. The number of carbonyl (C=O) groups is 1. The average Bonchev–Trinajstić information content (AvgIpc) is 2.33. The number of hydrogen-bond donors (Lipinski definition) is 2. The summed E-state index contributed by atoms with van der Waals surface area (Å²) in [5.74, 6) is -1.78. The minimum Gasteiger partial charge on any atom is -0.481 e. The number of aliphatic carboxylic acids is 1. The number of nitrogens with one attached hydrogen (secondary N) is 1. The summed E-state index contributed by atoms with van der Waals surface area (Å²) in [6.07, 6.45) is 2.81. The normalized spacial score (nSPS) is 11.4. The minimum absolute atomic E-state index is 0.0572. The van der Waals surface area contributed by atoms with Crippen LogP contribution >= 0.6 is 0 Å². The Kier molecular flexibility index (Phi) is 5.84. The summed E-state index contributed by atoms with van der Waals surface area (Å²) < 4.78 is 38.9. The van der Waals surface area contributed by atoms with E-state index < -0.39 is 26.8 Å². The van der Waals surface area contributed by atoms with E-state index in [9.17, 15) is 17.6 Å². The first-order chi connectivity index (χ1) is 8.93. The number of sulfonamides is 1. The van der Waals surface area contributed by atoms with Crippen molar-refractivity contribution in [1.29, 1.82) is 0 Å². The van der Waals surface area contributed by atoms with E-state index in [1.165, 1.54) is 12.3 Å². The molecule has 19 heavy (non-hydrogen) atoms. The Morgan fingerprint density at radius 2 is 2.11 bits per heavy atom. The van der Waals surface area contributed by atoms with E-state index in [-0.39, 0.29) is 13.0 Å². The molecule has 1 aromatic rings. The number of carboxylic acid groups (broad SMARTS) is 1. The Hall–Kier alpha value is -1.54. The van der Waals surface area contributed by atoms with Crippen molar-refractivity contribution in [3.8, 4) is 0 Å². The molecule has 0 radical (unpaired) electrons. The fourth-order valence-electron chi connectivity index (χ4n) is 1.42. The molecule has 1 aromatic heterocycles. The van der Waals surface area contributed by atoms with Gasteiger partial charge in [0.2, 0.25) is 5.03 Å². The minimum atomic E-state index is -3.95. The quantitative estimate of drug-likeness (QED) is 0.700. The van der Waals surface area contributed by atoms with Gasteiger partial charge >= 0.3 is 5.97 Å². The fraction of sp³-hybridized carbons (Fsp3) is 0.455. The van der Waals surface area contributed by atoms with E-state index in [1.807, 2.05) is 0 Å².